The Bertz CT molecular complexity index is 236. The lowest BCUT2D eigenvalue weighted by atomic mass is 10.3. The van der Waals surface area contributed by atoms with Gasteiger partial charge in [0.25, 0.3) is 0 Å². The molecule has 0 atom stereocenters. The first-order valence-electron chi connectivity index (χ1n) is 6.61. The van der Waals surface area contributed by atoms with Gasteiger partial charge in [0.2, 0.25) is 11.8 Å². The van der Waals surface area contributed by atoms with E-state index >= 15 is 0 Å². The summed E-state index contributed by atoms with van der Waals surface area (Å²) in [6.07, 6.45) is 0.229. The van der Waals surface area contributed by atoms with Crippen molar-refractivity contribution in [1.82, 2.24) is 10.6 Å². The molecule has 0 aromatic heterocycles. The summed E-state index contributed by atoms with van der Waals surface area (Å²) in [6.45, 7) is 1.78. The van der Waals surface area contributed by atoms with E-state index in [1.807, 2.05) is 0 Å². The molecule has 0 radical (unpaired) electrons. The number of hydrogen-bond acceptors (Lipinski definition) is 6. The molecule has 0 spiro atoms. The van der Waals surface area contributed by atoms with Crippen LogP contribution in [-0.2, 0) is 19.1 Å². The second kappa shape index (κ2) is 14.2. The molecule has 0 saturated carbocycles. The molecule has 20 heavy (non-hydrogen) atoms. The zero-order chi connectivity index (χ0) is 15.1. The Kier molecular flexibility index (Phi) is 13.3. The Morgan fingerprint density at radius 3 is 1.50 bits per heavy atom. The lowest BCUT2D eigenvalue weighted by Crippen LogP contribution is -2.31. The average Bonchev–Trinajstić information content (AvgIpc) is 2.44. The molecule has 0 aliphatic rings. The van der Waals surface area contributed by atoms with E-state index in [0.717, 1.165) is 0 Å². The van der Waals surface area contributed by atoms with E-state index in [9.17, 15) is 9.59 Å². The van der Waals surface area contributed by atoms with Gasteiger partial charge in [-0.1, -0.05) is 0 Å². The van der Waals surface area contributed by atoms with Crippen molar-refractivity contribution in [2.24, 2.45) is 0 Å². The van der Waals surface area contributed by atoms with Crippen LogP contribution >= 0.6 is 0 Å². The fourth-order valence-electron chi connectivity index (χ4n) is 1.26. The Labute approximate surface area is 118 Å². The molecule has 2 amide bonds. The minimum Gasteiger partial charge on any atom is -0.394 e. The topological polar surface area (TPSA) is 117 Å². The van der Waals surface area contributed by atoms with E-state index in [-0.39, 0.29) is 51.1 Å². The maximum atomic E-state index is 11.3. The van der Waals surface area contributed by atoms with Gasteiger partial charge in [-0.2, -0.15) is 0 Å². The largest absolute Gasteiger partial charge is 0.394 e. The van der Waals surface area contributed by atoms with Gasteiger partial charge in [0.15, 0.2) is 0 Å². The first-order chi connectivity index (χ1) is 9.70. The molecule has 118 valence electrons. The lowest BCUT2D eigenvalue weighted by Gasteiger charge is -2.07. The van der Waals surface area contributed by atoms with Gasteiger partial charge in [-0.05, 0) is 0 Å². The van der Waals surface area contributed by atoms with Crippen molar-refractivity contribution in [2.75, 3.05) is 52.7 Å². The van der Waals surface area contributed by atoms with Crippen LogP contribution in [-0.4, -0.2) is 74.8 Å². The predicted octanol–water partition coefficient (Wildman–Crippen LogP) is -1.98. The van der Waals surface area contributed by atoms with Crippen molar-refractivity contribution >= 4 is 11.8 Å². The summed E-state index contributed by atoms with van der Waals surface area (Å²) in [5, 5.41) is 22.1. The van der Waals surface area contributed by atoms with Crippen LogP contribution in [0.15, 0.2) is 0 Å². The normalized spacial score (nSPS) is 10.3. The molecule has 0 bridgehead atoms. The molecule has 0 aliphatic heterocycles. The molecular formula is C12H24N2O6. The van der Waals surface area contributed by atoms with Crippen molar-refractivity contribution < 1.29 is 29.3 Å². The van der Waals surface area contributed by atoms with Crippen LogP contribution in [0, 0.1) is 0 Å². The average molecular weight is 292 g/mol. The van der Waals surface area contributed by atoms with Gasteiger partial charge in [-0.25, -0.2) is 0 Å². The van der Waals surface area contributed by atoms with Crippen LogP contribution in [0.3, 0.4) is 0 Å². The summed E-state index contributed by atoms with van der Waals surface area (Å²) < 4.78 is 9.94. The highest BCUT2D eigenvalue weighted by molar-refractivity contribution is 5.83. The standard InChI is InChI=1S/C12H24N2O6/c15-5-9-19-7-3-13-11(17)1-2-12(18)14-4-8-20-10-6-16/h15-16H,1-10H2,(H,13,17)(H,14,18). The highest BCUT2D eigenvalue weighted by atomic mass is 16.5. The third-order valence-electron chi connectivity index (χ3n) is 2.19. The first-order valence-corrected chi connectivity index (χ1v) is 6.61. The Morgan fingerprint density at radius 1 is 0.750 bits per heavy atom. The van der Waals surface area contributed by atoms with E-state index in [1.165, 1.54) is 0 Å². The Balaban J connectivity index is 3.37. The molecule has 8 heteroatoms. The van der Waals surface area contributed by atoms with Crippen molar-refractivity contribution in [3.63, 3.8) is 0 Å². The molecular weight excluding hydrogens is 268 g/mol. The number of ether oxygens (including phenoxy) is 2. The van der Waals surface area contributed by atoms with Crippen LogP contribution in [0.1, 0.15) is 12.8 Å². The highest BCUT2D eigenvalue weighted by Gasteiger charge is 2.05. The highest BCUT2D eigenvalue weighted by Crippen LogP contribution is 1.89. The quantitative estimate of drug-likeness (QED) is 0.292. The zero-order valence-corrected chi connectivity index (χ0v) is 11.6. The number of nitrogens with one attached hydrogen (secondary N) is 2. The third-order valence-corrected chi connectivity index (χ3v) is 2.19. The van der Waals surface area contributed by atoms with Gasteiger partial charge in [-0.3, -0.25) is 9.59 Å². The molecule has 8 nitrogen and oxygen atoms in total. The number of carbonyl (C=O) groups is 2. The molecule has 0 saturated heterocycles. The Morgan fingerprint density at radius 2 is 1.15 bits per heavy atom. The molecule has 0 aromatic rings. The number of amides is 2. The van der Waals surface area contributed by atoms with Gasteiger partial charge in [0.1, 0.15) is 0 Å². The molecule has 0 unspecified atom stereocenters. The summed E-state index contributed by atoms with van der Waals surface area (Å²) in [5.74, 6) is -0.437. The minimum atomic E-state index is -0.218. The number of aliphatic hydroxyl groups excluding tert-OH is 2. The van der Waals surface area contributed by atoms with Crippen molar-refractivity contribution in [3.8, 4) is 0 Å². The fourth-order valence-corrected chi connectivity index (χ4v) is 1.26. The number of rotatable bonds is 13. The minimum absolute atomic E-state index is 0.0455. The zero-order valence-electron chi connectivity index (χ0n) is 11.6. The Hall–Kier alpha value is -1.22. The summed E-state index contributed by atoms with van der Waals surface area (Å²) in [4.78, 5) is 22.7. The van der Waals surface area contributed by atoms with Gasteiger partial charge >= 0.3 is 0 Å². The number of aliphatic hydroxyl groups is 2. The van der Waals surface area contributed by atoms with E-state index in [4.69, 9.17) is 19.7 Å². The van der Waals surface area contributed by atoms with Gasteiger partial charge in [0.05, 0.1) is 39.6 Å². The van der Waals surface area contributed by atoms with Crippen molar-refractivity contribution in [2.45, 2.75) is 12.8 Å². The molecule has 0 aromatic carbocycles. The van der Waals surface area contributed by atoms with Gasteiger partial charge in [0, 0.05) is 25.9 Å². The lowest BCUT2D eigenvalue weighted by molar-refractivity contribution is -0.126. The van der Waals surface area contributed by atoms with E-state index in [2.05, 4.69) is 10.6 Å². The predicted molar refractivity (Wildman–Crippen MR) is 71.1 cm³/mol. The summed E-state index contributed by atoms with van der Waals surface area (Å²) in [5.41, 5.74) is 0. The molecule has 0 aliphatic carbocycles. The maximum Gasteiger partial charge on any atom is 0.220 e. The van der Waals surface area contributed by atoms with Crippen LogP contribution in [0.25, 0.3) is 0 Å². The van der Waals surface area contributed by atoms with Crippen LogP contribution in [0.5, 0.6) is 0 Å². The third kappa shape index (κ3) is 13.2. The SMILES string of the molecule is O=C(CCC(=O)NCCOCCO)NCCOCCO. The maximum absolute atomic E-state index is 11.3. The van der Waals surface area contributed by atoms with E-state index < -0.39 is 0 Å². The van der Waals surface area contributed by atoms with Crippen LogP contribution in [0.2, 0.25) is 0 Å². The first kappa shape index (κ1) is 18.8. The van der Waals surface area contributed by atoms with Gasteiger partial charge < -0.3 is 30.3 Å². The van der Waals surface area contributed by atoms with E-state index in [0.29, 0.717) is 26.3 Å². The molecule has 0 rings (SSSR count). The smallest absolute Gasteiger partial charge is 0.220 e. The van der Waals surface area contributed by atoms with Crippen molar-refractivity contribution in [1.29, 1.82) is 0 Å². The number of carbonyl (C=O) groups excluding carboxylic acids is 2. The summed E-state index contributed by atoms with van der Waals surface area (Å²) >= 11 is 0. The number of hydrogen-bond donors (Lipinski definition) is 4. The fraction of sp³-hybridized carbons (Fsp3) is 0.833. The summed E-state index contributed by atoms with van der Waals surface area (Å²) in [7, 11) is 0. The van der Waals surface area contributed by atoms with Crippen molar-refractivity contribution in [3.05, 3.63) is 0 Å². The monoisotopic (exact) mass is 292 g/mol. The van der Waals surface area contributed by atoms with Gasteiger partial charge in [-0.15, -0.1) is 0 Å². The van der Waals surface area contributed by atoms with E-state index in [1.54, 1.807) is 0 Å². The van der Waals surface area contributed by atoms with Crippen LogP contribution < -0.4 is 10.6 Å². The molecule has 0 fully saturated rings. The molecule has 4 N–H and O–H groups in total. The summed E-state index contributed by atoms with van der Waals surface area (Å²) in [6, 6.07) is 0. The second-order valence-electron chi connectivity index (χ2n) is 3.87. The molecule has 0 heterocycles. The van der Waals surface area contributed by atoms with Crippen LogP contribution in [0.4, 0.5) is 0 Å². The second-order valence-corrected chi connectivity index (χ2v) is 3.87.